The van der Waals surface area contributed by atoms with Gasteiger partial charge in [0, 0.05) is 0 Å². The van der Waals surface area contributed by atoms with E-state index in [-0.39, 0.29) is 6.16 Å². The number of hydrogen-bond acceptors (Lipinski definition) is 1. The second-order valence-electron chi connectivity index (χ2n) is 6.25. The van der Waals surface area contributed by atoms with Crippen molar-refractivity contribution in [2.24, 2.45) is 0 Å². The molecule has 3 rings (SSSR count). The Balaban J connectivity index is 0.000000758. The molecule has 0 aliphatic rings. The van der Waals surface area contributed by atoms with Crippen molar-refractivity contribution in [1.29, 1.82) is 0 Å². The van der Waals surface area contributed by atoms with Gasteiger partial charge in [0.2, 0.25) is 0 Å². The van der Waals surface area contributed by atoms with E-state index in [2.05, 4.69) is 13.8 Å². The van der Waals surface area contributed by atoms with Gasteiger partial charge >= 0.3 is 141 Å². The Labute approximate surface area is 161 Å². The van der Waals surface area contributed by atoms with Crippen molar-refractivity contribution < 1.29 is 4.79 Å². The van der Waals surface area contributed by atoms with Crippen LogP contribution >= 0.6 is 17.2 Å². The van der Waals surface area contributed by atoms with Crippen LogP contribution in [0.1, 0.15) is 20.3 Å². The maximum atomic E-state index is 11.7. The molecule has 0 N–H and O–H groups in total. The Morgan fingerprint density at radius 3 is 1.19 bits per heavy atom. The van der Waals surface area contributed by atoms with Gasteiger partial charge in [0.25, 0.3) is 0 Å². The summed E-state index contributed by atoms with van der Waals surface area (Å²) in [5.41, 5.74) is 0. The quantitative estimate of drug-likeness (QED) is 0.431. The number of aldehydes is 1. The van der Waals surface area contributed by atoms with Crippen molar-refractivity contribution in [3.8, 4) is 0 Å². The van der Waals surface area contributed by atoms with Crippen LogP contribution < -0.4 is 15.9 Å². The molecule has 3 aromatic rings. The monoisotopic (exact) mass is 384 g/mol. The average molecular weight is 385 g/mol. The summed E-state index contributed by atoms with van der Waals surface area (Å²) in [6.07, 6.45) is 2.49. The van der Waals surface area contributed by atoms with E-state index in [4.69, 9.17) is 11.2 Å². The van der Waals surface area contributed by atoms with Gasteiger partial charge in [-0.25, -0.2) is 0 Å². The van der Waals surface area contributed by atoms with Gasteiger partial charge in [-0.1, -0.05) is 20.3 Å². The number of hydrogen-bond donors (Lipinski definition) is 0. The molecule has 0 spiro atoms. The number of carbonyl (C=O) groups excluding carboxylic acids is 1. The Bertz CT molecular complexity index is 704. The van der Waals surface area contributed by atoms with Crippen LogP contribution in [-0.4, -0.2) is 12.4 Å². The second kappa shape index (κ2) is 9.12. The van der Waals surface area contributed by atoms with Crippen molar-refractivity contribution in [3.63, 3.8) is 0 Å². The van der Waals surface area contributed by atoms with E-state index in [9.17, 15) is 4.79 Å². The van der Waals surface area contributed by atoms with Crippen LogP contribution in [-0.2, 0) is 4.79 Å². The zero-order valence-electron chi connectivity index (χ0n) is 15.4. The predicted octanol–water partition coefficient (Wildman–Crippen LogP) is 5.29. The molecule has 1 nitrogen and oxygen atoms in total. The fourth-order valence-electron chi connectivity index (χ4n) is 3.12. The molecule has 136 valence electrons. The standard InChI is InChI=1S/C20H18ClOP.C3H8/c21-23(17-16-22,18-10-4-1-5-11-18,19-12-6-2-7-13-19)20-14-8-3-9-15-20;1-3-2/h1-16H,17H2;3H2,1-2H3. The molecule has 0 saturated heterocycles. The summed E-state index contributed by atoms with van der Waals surface area (Å²) in [6.45, 7) is 4.25. The summed E-state index contributed by atoms with van der Waals surface area (Å²) in [5, 5.41) is 3.05. The second-order valence-corrected chi connectivity index (χ2v) is 12.8. The van der Waals surface area contributed by atoms with Crippen molar-refractivity contribution in [1.82, 2.24) is 0 Å². The zero-order valence-corrected chi connectivity index (χ0v) is 17.0. The van der Waals surface area contributed by atoms with E-state index in [0.717, 1.165) is 22.2 Å². The molecule has 26 heavy (non-hydrogen) atoms. The zero-order chi connectivity index (χ0) is 18.9. The fourth-order valence-corrected chi connectivity index (χ4v) is 8.49. The molecular formula is C23H26ClOP. The molecule has 0 radical (unpaired) electrons. The molecule has 0 atom stereocenters. The molecule has 0 aromatic heterocycles. The predicted molar refractivity (Wildman–Crippen MR) is 118 cm³/mol. The number of rotatable bonds is 5. The van der Waals surface area contributed by atoms with E-state index in [0.29, 0.717) is 0 Å². The van der Waals surface area contributed by atoms with Crippen LogP contribution in [0.5, 0.6) is 0 Å². The molecule has 0 aliphatic carbocycles. The van der Waals surface area contributed by atoms with Crippen molar-refractivity contribution in [2.75, 3.05) is 6.16 Å². The summed E-state index contributed by atoms with van der Waals surface area (Å²) >= 11 is 7.57. The molecule has 0 unspecified atom stereocenters. The summed E-state index contributed by atoms with van der Waals surface area (Å²) < 4.78 is 0. The van der Waals surface area contributed by atoms with E-state index in [1.54, 1.807) is 0 Å². The van der Waals surface area contributed by atoms with Crippen LogP contribution in [0.3, 0.4) is 0 Å². The van der Waals surface area contributed by atoms with Crippen LogP contribution in [0, 0.1) is 0 Å². The third kappa shape index (κ3) is 3.75. The Kier molecular flexibility index (Phi) is 7.14. The molecule has 0 aliphatic heterocycles. The Hall–Kier alpha value is -1.95. The first kappa shape index (κ1) is 20.4. The van der Waals surface area contributed by atoms with E-state index in [1.807, 2.05) is 91.0 Å². The van der Waals surface area contributed by atoms with Gasteiger partial charge in [0.15, 0.2) is 0 Å². The molecule has 3 aromatic carbocycles. The van der Waals surface area contributed by atoms with Crippen molar-refractivity contribution in [3.05, 3.63) is 91.0 Å². The number of halogens is 1. The molecule has 0 bridgehead atoms. The van der Waals surface area contributed by atoms with Crippen LogP contribution in [0.2, 0.25) is 0 Å². The van der Waals surface area contributed by atoms with E-state index in [1.165, 1.54) is 6.42 Å². The third-order valence-corrected chi connectivity index (χ3v) is 11.4. The van der Waals surface area contributed by atoms with Crippen molar-refractivity contribution >= 4 is 39.4 Å². The number of carbonyl (C=O) groups is 1. The van der Waals surface area contributed by atoms with Gasteiger partial charge < -0.3 is 0 Å². The molecule has 0 saturated carbocycles. The minimum absolute atomic E-state index is 0.283. The van der Waals surface area contributed by atoms with Gasteiger partial charge in [-0.3, -0.25) is 0 Å². The first-order chi connectivity index (χ1) is 12.6. The van der Waals surface area contributed by atoms with Gasteiger partial charge in [0.1, 0.15) is 0 Å². The minimum atomic E-state index is -3.33. The number of benzene rings is 3. The summed E-state index contributed by atoms with van der Waals surface area (Å²) in [5.74, 6) is -3.33. The Morgan fingerprint density at radius 1 is 0.692 bits per heavy atom. The summed E-state index contributed by atoms with van der Waals surface area (Å²) in [7, 11) is 0. The fraction of sp³-hybridized carbons (Fsp3) is 0.174. The Morgan fingerprint density at radius 2 is 0.962 bits per heavy atom. The summed E-state index contributed by atoms with van der Waals surface area (Å²) in [4.78, 5) is 11.7. The van der Waals surface area contributed by atoms with Gasteiger partial charge in [-0.05, 0) is 0 Å². The van der Waals surface area contributed by atoms with Crippen molar-refractivity contribution in [2.45, 2.75) is 20.3 Å². The molecule has 0 fully saturated rings. The van der Waals surface area contributed by atoms with E-state index < -0.39 is 5.96 Å². The first-order valence-corrected chi connectivity index (χ1v) is 12.3. The third-order valence-electron chi connectivity index (χ3n) is 4.30. The molecule has 0 amide bonds. The maximum absolute atomic E-state index is 11.7. The normalized spacial score (nSPS) is 12.2. The average Bonchev–Trinajstić information content (AvgIpc) is 2.71. The molecular weight excluding hydrogens is 359 g/mol. The van der Waals surface area contributed by atoms with Crippen LogP contribution in [0.4, 0.5) is 0 Å². The van der Waals surface area contributed by atoms with Gasteiger partial charge in [0.05, 0.1) is 0 Å². The first-order valence-electron chi connectivity index (χ1n) is 8.95. The topological polar surface area (TPSA) is 17.1 Å². The SMILES string of the molecule is CCC.O=CCP(Cl)(c1ccccc1)(c1ccccc1)c1ccccc1. The van der Waals surface area contributed by atoms with E-state index >= 15 is 0 Å². The molecule has 0 heterocycles. The van der Waals surface area contributed by atoms with Gasteiger partial charge in [-0.15, -0.1) is 0 Å². The summed E-state index contributed by atoms with van der Waals surface area (Å²) in [6, 6.07) is 30.0. The van der Waals surface area contributed by atoms with Crippen LogP contribution in [0.25, 0.3) is 0 Å². The molecule has 3 heteroatoms. The van der Waals surface area contributed by atoms with Gasteiger partial charge in [-0.2, -0.15) is 0 Å². The van der Waals surface area contributed by atoms with Crippen LogP contribution in [0.15, 0.2) is 91.0 Å².